The first-order valence-electron chi connectivity index (χ1n) is 13.2. The first-order valence-corrected chi connectivity index (χ1v) is 13.6. The maximum absolute atomic E-state index is 9.79. The van der Waals surface area contributed by atoms with Gasteiger partial charge in [0.15, 0.2) is 0 Å². The Kier molecular flexibility index (Phi) is 9.13. The SMILES string of the molecule is CCC(C)/C(=C(/C)ON)c1ccc2c(c1)nc(CCc1ccc(O)c(Cl)c1)n2C[C@H](C)N1CCOCC1. The second-order valence-corrected chi connectivity index (χ2v) is 10.4. The van der Waals surface area contributed by atoms with E-state index in [1.165, 1.54) is 0 Å². The summed E-state index contributed by atoms with van der Waals surface area (Å²) in [5.41, 5.74) is 5.37. The largest absolute Gasteiger partial charge is 0.506 e. The third kappa shape index (κ3) is 6.29. The van der Waals surface area contributed by atoms with Crippen LogP contribution >= 0.6 is 11.6 Å². The quantitative estimate of drug-likeness (QED) is 0.265. The maximum Gasteiger partial charge on any atom is 0.134 e. The molecular weight excluding hydrogens is 488 g/mol. The lowest BCUT2D eigenvalue weighted by Crippen LogP contribution is -2.44. The first-order chi connectivity index (χ1) is 17.8. The maximum atomic E-state index is 9.79. The van der Waals surface area contributed by atoms with E-state index in [1.807, 2.05) is 19.1 Å². The van der Waals surface area contributed by atoms with Crippen molar-refractivity contribution in [3.05, 3.63) is 64.1 Å². The molecule has 200 valence electrons. The van der Waals surface area contributed by atoms with Crippen molar-refractivity contribution in [2.45, 2.75) is 59.5 Å². The molecule has 0 bridgehead atoms. The molecule has 0 spiro atoms. The fourth-order valence-corrected chi connectivity index (χ4v) is 5.41. The summed E-state index contributed by atoms with van der Waals surface area (Å²) >= 11 is 6.16. The van der Waals surface area contributed by atoms with E-state index < -0.39 is 0 Å². The third-order valence-electron chi connectivity index (χ3n) is 7.56. The van der Waals surface area contributed by atoms with Gasteiger partial charge in [-0.25, -0.2) is 4.98 Å². The molecule has 0 radical (unpaired) electrons. The normalized spacial score (nSPS) is 17.0. The van der Waals surface area contributed by atoms with Crippen molar-refractivity contribution in [2.24, 2.45) is 11.8 Å². The minimum atomic E-state index is 0.103. The summed E-state index contributed by atoms with van der Waals surface area (Å²) in [6.07, 6.45) is 2.53. The van der Waals surface area contributed by atoms with E-state index in [-0.39, 0.29) is 5.75 Å². The molecule has 0 saturated carbocycles. The molecule has 0 aliphatic carbocycles. The molecule has 1 fully saturated rings. The summed E-state index contributed by atoms with van der Waals surface area (Å²) in [7, 11) is 0. The Morgan fingerprint density at radius 2 is 1.92 bits per heavy atom. The van der Waals surface area contributed by atoms with Gasteiger partial charge in [-0.3, -0.25) is 4.90 Å². The van der Waals surface area contributed by atoms with Gasteiger partial charge in [0, 0.05) is 37.7 Å². The minimum absolute atomic E-state index is 0.103. The van der Waals surface area contributed by atoms with Crippen LogP contribution in [-0.2, 0) is 29.0 Å². The predicted molar refractivity (Wildman–Crippen MR) is 149 cm³/mol. The van der Waals surface area contributed by atoms with Crippen LogP contribution in [0.4, 0.5) is 0 Å². The summed E-state index contributed by atoms with van der Waals surface area (Å²) in [5.74, 6) is 7.75. The van der Waals surface area contributed by atoms with Crippen molar-refractivity contribution in [1.82, 2.24) is 14.5 Å². The zero-order chi connectivity index (χ0) is 26.5. The number of hydrogen-bond acceptors (Lipinski definition) is 6. The molecule has 3 aromatic rings. The second-order valence-electron chi connectivity index (χ2n) is 10.0. The number of nitrogens with zero attached hydrogens (tertiary/aromatic N) is 3. The van der Waals surface area contributed by atoms with Gasteiger partial charge in [-0.1, -0.05) is 37.6 Å². The second kappa shape index (κ2) is 12.3. The van der Waals surface area contributed by atoms with Gasteiger partial charge in [-0.05, 0) is 68.0 Å². The highest BCUT2D eigenvalue weighted by Crippen LogP contribution is 2.32. The number of aromatic hydroxyl groups is 1. The monoisotopic (exact) mass is 526 g/mol. The van der Waals surface area contributed by atoms with Crippen LogP contribution < -0.4 is 5.90 Å². The average molecular weight is 527 g/mol. The molecule has 4 rings (SSSR count). The lowest BCUT2D eigenvalue weighted by Gasteiger charge is -2.32. The Hall–Kier alpha value is -2.58. The number of rotatable bonds is 10. The zero-order valence-corrected chi connectivity index (χ0v) is 23.1. The predicted octanol–water partition coefficient (Wildman–Crippen LogP) is 5.57. The Bertz CT molecular complexity index is 1250. The number of fused-ring (bicyclic) bond motifs is 1. The number of morpholine rings is 1. The Balaban J connectivity index is 1.71. The number of hydrogen-bond donors (Lipinski definition) is 2. The first kappa shape index (κ1) is 27.5. The molecule has 0 amide bonds. The molecule has 2 aromatic carbocycles. The van der Waals surface area contributed by atoms with Gasteiger partial charge >= 0.3 is 0 Å². The van der Waals surface area contributed by atoms with Gasteiger partial charge in [-0.2, -0.15) is 5.90 Å². The number of phenols is 1. The van der Waals surface area contributed by atoms with E-state index in [9.17, 15) is 5.11 Å². The standard InChI is InChI=1S/C29H39ClN4O3/c1-5-19(2)29(21(4)37-31)23-8-9-26-25(17-23)32-28(11-7-22-6-10-27(35)24(30)16-22)34(26)18-20(3)33-12-14-36-15-13-33/h6,8-10,16-17,19-20,35H,5,7,11-15,18,31H2,1-4H3/b29-21+/t19?,20-/m0/s1. The Morgan fingerprint density at radius 3 is 2.59 bits per heavy atom. The molecule has 1 aromatic heterocycles. The van der Waals surface area contributed by atoms with Crippen LogP contribution in [0, 0.1) is 5.92 Å². The third-order valence-corrected chi connectivity index (χ3v) is 7.87. The van der Waals surface area contributed by atoms with Crippen molar-refractivity contribution >= 4 is 28.2 Å². The van der Waals surface area contributed by atoms with E-state index >= 15 is 0 Å². The van der Waals surface area contributed by atoms with Gasteiger partial charge in [-0.15, -0.1) is 0 Å². The Labute approximate surface area is 224 Å². The highest BCUT2D eigenvalue weighted by molar-refractivity contribution is 6.32. The van der Waals surface area contributed by atoms with Crippen molar-refractivity contribution < 1.29 is 14.7 Å². The van der Waals surface area contributed by atoms with Crippen LogP contribution in [0.15, 0.2) is 42.2 Å². The molecule has 7 nitrogen and oxygen atoms in total. The summed E-state index contributed by atoms with van der Waals surface area (Å²) in [6, 6.07) is 12.3. The van der Waals surface area contributed by atoms with Crippen LogP contribution in [0.1, 0.15) is 51.1 Å². The summed E-state index contributed by atoms with van der Waals surface area (Å²) in [6.45, 7) is 12.9. The highest BCUT2D eigenvalue weighted by Gasteiger charge is 2.22. The number of imidazole rings is 1. The van der Waals surface area contributed by atoms with Gasteiger partial charge in [0.1, 0.15) is 17.3 Å². The van der Waals surface area contributed by atoms with Crippen molar-refractivity contribution in [3.63, 3.8) is 0 Å². The molecule has 2 atom stereocenters. The molecule has 1 saturated heterocycles. The van der Waals surface area contributed by atoms with Crippen molar-refractivity contribution in [3.8, 4) is 5.75 Å². The molecule has 1 unspecified atom stereocenters. The number of aryl methyl sites for hydroxylation is 2. The molecule has 3 N–H and O–H groups in total. The van der Waals surface area contributed by atoms with Gasteiger partial charge in [0.2, 0.25) is 0 Å². The molecule has 37 heavy (non-hydrogen) atoms. The molecule has 8 heteroatoms. The molecule has 1 aliphatic heterocycles. The summed E-state index contributed by atoms with van der Waals surface area (Å²) < 4.78 is 7.93. The van der Waals surface area contributed by atoms with Gasteiger partial charge in [0.25, 0.3) is 0 Å². The number of ether oxygens (including phenoxy) is 1. The van der Waals surface area contributed by atoms with Crippen LogP contribution in [-0.4, -0.2) is 51.9 Å². The van der Waals surface area contributed by atoms with Crippen LogP contribution in [0.25, 0.3) is 16.6 Å². The van der Waals surface area contributed by atoms with E-state index in [0.29, 0.717) is 17.0 Å². The van der Waals surface area contributed by atoms with E-state index in [2.05, 4.69) is 48.4 Å². The molecule has 1 aliphatic rings. The minimum Gasteiger partial charge on any atom is -0.506 e. The average Bonchev–Trinajstić information content (AvgIpc) is 3.25. The number of aromatic nitrogens is 2. The lowest BCUT2D eigenvalue weighted by atomic mass is 9.91. The smallest absolute Gasteiger partial charge is 0.134 e. The Morgan fingerprint density at radius 1 is 1.16 bits per heavy atom. The summed E-state index contributed by atoms with van der Waals surface area (Å²) in [4.78, 5) is 12.8. The van der Waals surface area contributed by atoms with Crippen LogP contribution in [0.5, 0.6) is 5.75 Å². The van der Waals surface area contributed by atoms with Crippen LogP contribution in [0.2, 0.25) is 5.02 Å². The van der Waals surface area contributed by atoms with Gasteiger partial charge in [0.05, 0.1) is 29.3 Å². The topological polar surface area (TPSA) is 85.8 Å². The van der Waals surface area contributed by atoms with E-state index in [1.54, 1.807) is 6.07 Å². The van der Waals surface area contributed by atoms with Crippen LogP contribution in [0.3, 0.4) is 0 Å². The van der Waals surface area contributed by atoms with E-state index in [0.717, 1.165) is 91.4 Å². The zero-order valence-electron chi connectivity index (χ0n) is 22.3. The van der Waals surface area contributed by atoms with Gasteiger partial charge < -0.3 is 19.2 Å². The highest BCUT2D eigenvalue weighted by atomic mass is 35.5. The summed E-state index contributed by atoms with van der Waals surface area (Å²) in [5, 5.41) is 10.2. The van der Waals surface area contributed by atoms with E-state index in [4.69, 9.17) is 32.1 Å². The fourth-order valence-electron chi connectivity index (χ4n) is 5.20. The number of halogens is 1. The number of allylic oxidation sites excluding steroid dienone is 2. The number of benzene rings is 2. The number of phenolic OH excluding ortho intramolecular Hbond substituents is 1. The number of nitrogens with two attached hydrogens (primary N) is 1. The van der Waals surface area contributed by atoms with Crippen molar-refractivity contribution in [2.75, 3.05) is 26.3 Å². The lowest BCUT2D eigenvalue weighted by molar-refractivity contribution is 0.0170. The van der Waals surface area contributed by atoms with Crippen molar-refractivity contribution in [1.29, 1.82) is 0 Å². The molecular formula is C29H39ClN4O3. The molecule has 2 heterocycles. The fraction of sp³-hybridized carbons (Fsp3) is 0.483.